The number of nitrogens with one attached hydrogen (secondary N) is 1. The van der Waals surface area contributed by atoms with Crippen LogP contribution in [-0.4, -0.2) is 15.7 Å². The molecule has 3 aromatic rings. The van der Waals surface area contributed by atoms with Gasteiger partial charge < -0.3 is 5.32 Å². The van der Waals surface area contributed by atoms with Crippen molar-refractivity contribution in [3.05, 3.63) is 93.4 Å². The van der Waals surface area contributed by atoms with Gasteiger partial charge in [0.05, 0.1) is 17.3 Å². The number of para-hydroxylation sites is 1. The lowest BCUT2D eigenvalue weighted by Crippen LogP contribution is -2.31. The van der Waals surface area contributed by atoms with Crippen molar-refractivity contribution in [2.75, 3.05) is 0 Å². The molecule has 0 fully saturated rings. The van der Waals surface area contributed by atoms with Crippen molar-refractivity contribution in [3.8, 4) is 11.8 Å². The molecule has 0 atom stereocenters. The maximum absolute atomic E-state index is 12.4. The molecule has 1 N–H and O–H groups in total. The van der Waals surface area contributed by atoms with Crippen LogP contribution in [0.25, 0.3) is 5.69 Å². The van der Waals surface area contributed by atoms with Crippen LogP contribution in [0.4, 0.5) is 0 Å². The van der Waals surface area contributed by atoms with Crippen LogP contribution < -0.4 is 10.7 Å². The molecule has 128 valence electrons. The molecule has 2 aromatic carbocycles. The lowest BCUT2D eigenvalue weighted by atomic mass is 10.1. The van der Waals surface area contributed by atoms with Crippen molar-refractivity contribution in [3.63, 3.8) is 0 Å². The zero-order valence-electron chi connectivity index (χ0n) is 14.1. The minimum atomic E-state index is -0.554. The van der Waals surface area contributed by atoms with Crippen LogP contribution in [0.5, 0.6) is 0 Å². The van der Waals surface area contributed by atoms with Crippen LogP contribution >= 0.6 is 0 Å². The Morgan fingerprint density at radius 2 is 1.92 bits per heavy atom. The summed E-state index contributed by atoms with van der Waals surface area (Å²) in [5.41, 5.74) is 2.08. The highest BCUT2D eigenvalue weighted by atomic mass is 16.2. The molecule has 1 heterocycles. The topological polar surface area (TPSA) is 87.8 Å². The molecule has 0 radical (unpaired) electrons. The summed E-state index contributed by atoms with van der Waals surface area (Å²) in [6.45, 7) is 1.96. The Balaban J connectivity index is 1.85. The van der Waals surface area contributed by atoms with E-state index in [1.54, 1.807) is 35.9 Å². The lowest BCUT2D eigenvalue weighted by molar-refractivity contribution is 0.0943. The fourth-order valence-corrected chi connectivity index (χ4v) is 2.55. The van der Waals surface area contributed by atoms with Crippen LogP contribution in [-0.2, 0) is 6.54 Å². The quantitative estimate of drug-likeness (QED) is 0.787. The molecule has 3 rings (SSSR count). The van der Waals surface area contributed by atoms with Crippen molar-refractivity contribution in [1.29, 1.82) is 5.26 Å². The first-order valence-electron chi connectivity index (χ1n) is 8.02. The van der Waals surface area contributed by atoms with Crippen molar-refractivity contribution < 1.29 is 4.79 Å². The third-order valence-corrected chi connectivity index (χ3v) is 3.83. The van der Waals surface area contributed by atoms with Gasteiger partial charge in [0.2, 0.25) is 5.43 Å². The van der Waals surface area contributed by atoms with Crippen LogP contribution in [0, 0.1) is 18.3 Å². The Labute approximate surface area is 150 Å². The van der Waals surface area contributed by atoms with E-state index < -0.39 is 11.3 Å². The smallest absolute Gasteiger partial charge is 0.276 e. The second kappa shape index (κ2) is 7.45. The van der Waals surface area contributed by atoms with Gasteiger partial charge in [-0.1, -0.05) is 30.3 Å². The second-order valence-electron chi connectivity index (χ2n) is 5.74. The molecule has 0 bridgehead atoms. The first-order valence-corrected chi connectivity index (χ1v) is 8.02. The summed E-state index contributed by atoms with van der Waals surface area (Å²) in [6, 6.07) is 19.6. The van der Waals surface area contributed by atoms with Crippen LogP contribution in [0.2, 0.25) is 0 Å². The number of nitriles is 1. The molecule has 0 saturated carbocycles. The molecule has 1 aromatic heterocycles. The van der Waals surface area contributed by atoms with E-state index in [1.165, 1.54) is 6.07 Å². The van der Waals surface area contributed by atoms with E-state index in [0.29, 0.717) is 11.3 Å². The first kappa shape index (κ1) is 17.1. The molecule has 0 spiro atoms. The number of aromatic nitrogens is 2. The van der Waals surface area contributed by atoms with Gasteiger partial charge in [0.1, 0.15) is 0 Å². The minimum absolute atomic E-state index is 0.170. The van der Waals surface area contributed by atoms with Crippen molar-refractivity contribution in [2.24, 2.45) is 0 Å². The van der Waals surface area contributed by atoms with Gasteiger partial charge in [-0.25, -0.2) is 4.68 Å². The number of benzene rings is 2. The number of amides is 1. The summed E-state index contributed by atoms with van der Waals surface area (Å²) >= 11 is 0. The van der Waals surface area contributed by atoms with E-state index >= 15 is 0 Å². The summed E-state index contributed by atoms with van der Waals surface area (Å²) < 4.78 is 1.56. The third-order valence-electron chi connectivity index (χ3n) is 3.83. The number of aryl methyl sites for hydroxylation is 1. The Bertz CT molecular complexity index is 1050. The molecule has 0 aliphatic carbocycles. The van der Waals surface area contributed by atoms with Gasteiger partial charge in [-0.15, -0.1) is 0 Å². The number of hydrogen-bond donors (Lipinski definition) is 1. The average Bonchev–Trinajstić information content (AvgIpc) is 2.67. The maximum Gasteiger partial charge on any atom is 0.276 e. The predicted octanol–water partition coefficient (Wildman–Crippen LogP) is 2.34. The summed E-state index contributed by atoms with van der Waals surface area (Å²) in [5, 5.41) is 15.8. The Morgan fingerprint density at radius 1 is 1.15 bits per heavy atom. The van der Waals surface area contributed by atoms with Gasteiger partial charge in [-0.3, -0.25) is 9.59 Å². The first-order chi connectivity index (χ1) is 12.6. The Kier molecular flexibility index (Phi) is 4.90. The molecular weight excluding hydrogens is 328 g/mol. The number of nitrogens with zero attached hydrogens (tertiary/aromatic N) is 3. The molecule has 0 unspecified atom stereocenters. The van der Waals surface area contributed by atoms with Crippen molar-refractivity contribution in [2.45, 2.75) is 13.5 Å². The zero-order valence-corrected chi connectivity index (χ0v) is 14.1. The highest BCUT2D eigenvalue weighted by molar-refractivity contribution is 5.92. The molecule has 6 heteroatoms. The molecule has 26 heavy (non-hydrogen) atoms. The largest absolute Gasteiger partial charge is 0.346 e. The number of carbonyl (C=O) groups excluding carboxylic acids is 1. The third kappa shape index (κ3) is 3.68. The fourth-order valence-electron chi connectivity index (χ4n) is 2.55. The van der Waals surface area contributed by atoms with Gasteiger partial charge in [0, 0.05) is 18.3 Å². The number of rotatable bonds is 4. The van der Waals surface area contributed by atoms with E-state index in [2.05, 4.69) is 10.4 Å². The van der Waals surface area contributed by atoms with Gasteiger partial charge in [-0.2, -0.15) is 10.4 Å². The number of carbonyl (C=O) groups is 1. The van der Waals surface area contributed by atoms with Gasteiger partial charge in [-0.05, 0) is 36.8 Å². The van der Waals surface area contributed by atoms with E-state index in [-0.39, 0.29) is 12.2 Å². The van der Waals surface area contributed by atoms with E-state index in [4.69, 9.17) is 5.26 Å². The average molecular weight is 344 g/mol. The van der Waals surface area contributed by atoms with E-state index in [0.717, 1.165) is 11.3 Å². The van der Waals surface area contributed by atoms with Crippen LogP contribution in [0.3, 0.4) is 0 Å². The van der Waals surface area contributed by atoms with Crippen molar-refractivity contribution in [1.82, 2.24) is 15.1 Å². The van der Waals surface area contributed by atoms with Crippen LogP contribution in [0.15, 0.2) is 65.5 Å². The highest BCUT2D eigenvalue weighted by Crippen LogP contribution is 2.08. The fraction of sp³-hybridized carbons (Fsp3) is 0.100. The molecule has 0 aliphatic heterocycles. The molecule has 6 nitrogen and oxygen atoms in total. The zero-order chi connectivity index (χ0) is 18.5. The standard InChI is InChI=1S/C20H16N4O2/c1-14-10-18(25)19(23-24(14)17-8-3-2-4-9-17)20(26)22-13-16-7-5-6-15(11-16)12-21/h2-11H,13H2,1H3,(H,22,26). The second-order valence-corrected chi connectivity index (χ2v) is 5.74. The summed E-state index contributed by atoms with van der Waals surface area (Å²) in [6.07, 6.45) is 0. The summed E-state index contributed by atoms with van der Waals surface area (Å²) in [7, 11) is 0. The monoisotopic (exact) mass is 344 g/mol. The van der Waals surface area contributed by atoms with Crippen molar-refractivity contribution >= 4 is 5.91 Å². The Morgan fingerprint density at radius 3 is 2.65 bits per heavy atom. The molecule has 1 amide bonds. The highest BCUT2D eigenvalue weighted by Gasteiger charge is 2.15. The molecular formula is C20H16N4O2. The molecule has 0 saturated heterocycles. The lowest BCUT2D eigenvalue weighted by Gasteiger charge is -2.11. The van der Waals surface area contributed by atoms with E-state index in [1.807, 2.05) is 36.4 Å². The summed E-state index contributed by atoms with van der Waals surface area (Å²) in [4.78, 5) is 24.6. The normalized spacial score (nSPS) is 10.2. The predicted molar refractivity (Wildman–Crippen MR) is 96.9 cm³/mol. The maximum atomic E-state index is 12.4. The Hall–Kier alpha value is -3.72. The minimum Gasteiger partial charge on any atom is -0.346 e. The van der Waals surface area contributed by atoms with Crippen LogP contribution in [0.1, 0.15) is 27.3 Å². The summed E-state index contributed by atoms with van der Waals surface area (Å²) in [5.74, 6) is -0.554. The van der Waals surface area contributed by atoms with Gasteiger partial charge >= 0.3 is 0 Å². The molecule has 0 aliphatic rings. The van der Waals surface area contributed by atoms with Gasteiger partial charge in [0.15, 0.2) is 5.69 Å². The van der Waals surface area contributed by atoms with Gasteiger partial charge in [0.25, 0.3) is 5.91 Å². The SMILES string of the molecule is Cc1cc(=O)c(C(=O)NCc2cccc(C#N)c2)nn1-c1ccccc1. The number of hydrogen-bond acceptors (Lipinski definition) is 4. The van der Waals surface area contributed by atoms with E-state index in [9.17, 15) is 9.59 Å².